The topological polar surface area (TPSA) is 53.0 Å². The van der Waals surface area contributed by atoms with Crippen LogP contribution in [0.15, 0.2) is 72.8 Å². The van der Waals surface area contributed by atoms with E-state index in [1.54, 1.807) is 25.3 Å². The Kier molecular flexibility index (Phi) is 8.26. The molecule has 1 aliphatic heterocycles. The van der Waals surface area contributed by atoms with Gasteiger partial charge in [-0.2, -0.15) is 0 Å². The maximum Gasteiger partial charge on any atom is 0.253 e. The second-order valence-corrected chi connectivity index (χ2v) is 10.1. The largest absolute Gasteiger partial charge is 0.508 e. The number of amides is 1. The fourth-order valence-electron chi connectivity index (χ4n) is 5.15. The fourth-order valence-corrected chi connectivity index (χ4v) is 5.15. The van der Waals surface area contributed by atoms with Crippen molar-refractivity contribution in [1.29, 1.82) is 0 Å². The van der Waals surface area contributed by atoms with E-state index in [2.05, 4.69) is 30.9 Å². The van der Waals surface area contributed by atoms with Gasteiger partial charge >= 0.3 is 0 Å². The quantitative estimate of drug-likeness (QED) is 0.427. The van der Waals surface area contributed by atoms with Crippen molar-refractivity contribution in [3.05, 3.63) is 95.3 Å². The van der Waals surface area contributed by atoms with Crippen LogP contribution in [0.5, 0.6) is 11.5 Å². The van der Waals surface area contributed by atoms with E-state index in [-0.39, 0.29) is 23.6 Å². The summed E-state index contributed by atoms with van der Waals surface area (Å²) in [6, 6.07) is 21.4. The predicted octanol–water partition coefficient (Wildman–Crippen LogP) is 5.55. The molecule has 0 aliphatic carbocycles. The predicted molar refractivity (Wildman–Crippen MR) is 140 cm³/mol. The highest BCUT2D eigenvalue weighted by molar-refractivity contribution is 5.94. The maximum absolute atomic E-state index is 13.5. The Hall–Kier alpha value is -3.38. The van der Waals surface area contributed by atoms with Crippen LogP contribution in [-0.2, 0) is 6.54 Å². The number of hydrogen-bond acceptors (Lipinski definition) is 4. The molecule has 0 saturated carbocycles. The molecule has 3 aromatic rings. The van der Waals surface area contributed by atoms with Gasteiger partial charge in [-0.15, -0.1) is 0 Å². The number of nitrogens with zero attached hydrogens (tertiary/aromatic N) is 2. The number of methoxy groups -OCH3 is 1. The number of carbonyl (C=O) groups excluding carboxylic acids is 1. The van der Waals surface area contributed by atoms with Crippen molar-refractivity contribution in [1.82, 2.24) is 9.80 Å². The van der Waals surface area contributed by atoms with Crippen LogP contribution in [0.3, 0.4) is 0 Å². The van der Waals surface area contributed by atoms with E-state index < -0.39 is 0 Å². The number of rotatable bonds is 9. The van der Waals surface area contributed by atoms with Crippen LogP contribution in [-0.4, -0.2) is 54.1 Å². The number of hydrogen-bond donors (Lipinski definition) is 1. The van der Waals surface area contributed by atoms with Gasteiger partial charge in [-0.3, -0.25) is 9.69 Å². The van der Waals surface area contributed by atoms with Crippen molar-refractivity contribution in [2.75, 3.05) is 33.3 Å². The van der Waals surface area contributed by atoms with Crippen molar-refractivity contribution in [2.24, 2.45) is 11.8 Å². The molecular weight excluding hydrogens is 455 g/mol. The summed E-state index contributed by atoms with van der Waals surface area (Å²) in [5, 5.41) is 10.3. The van der Waals surface area contributed by atoms with E-state index in [4.69, 9.17) is 4.74 Å². The average molecular weight is 491 g/mol. The van der Waals surface area contributed by atoms with E-state index in [9.17, 15) is 14.3 Å². The van der Waals surface area contributed by atoms with E-state index in [0.717, 1.165) is 24.4 Å². The van der Waals surface area contributed by atoms with E-state index in [1.165, 1.54) is 17.7 Å². The Morgan fingerprint density at radius 3 is 2.53 bits per heavy atom. The highest BCUT2D eigenvalue weighted by Gasteiger charge is 2.36. The third-order valence-corrected chi connectivity index (χ3v) is 6.84. The van der Waals surface area contributed by atoms with E-state index in [1.807, 2.05) is 35.2 Å². The molecule has 5 nitrogen and oxygen atoms in total. The molecule has 0 unspecified atom stereocenters. The lowest BCUT2D eigenvalue weighted by atomic mass is 9.88. The molecule has 0 aromatic heterocycles. The Morgan fingerprint density at radius 1 is 1.08 bits per heavy atom. The molecule has 6 heteroatoms. The van der Waals surface area contributed by atoms with Crippen molar-refractivity contribution < 1.29 is 19.0 Å². The monoisotopic (exact) mass is 490 g/mol. The molecule has 190 valence electrons. The normalized spacial score (nSPS) is 17.9. The van der Waals surface area contributed by atoms with E-state index in [0.29, 0.717) is 36.9 Å². The fraction of sp³-hybridized carbons (Fsp3) is 0.367. The highest BCUT2D eigenvalue weighted by Crippen LogP contribution is 2.36. The van der Waals surface area contributed by atoms with Crippen LogP contribution in [0, 0.1) is 17.7 Å². The van der Waals surface area contributed by atoms with Crippen LogP contribution < -0.4 is 4.74 Å². The van der Waals surface area contributed by atoms with Gasteiger partial charge in [0.25, 0.3) is 5.91 Å². The minimum Gasteiger partial charge on any atom is -0.508 e. The second-order valence-electron chi connectivity index (χ2n) is 10.1. The first-order valence-corrected chi connectivity index (χ1v) is 12.5. The number of aromatic hydroxyl groups is 1. The molecule has 4 rings (SSSR count). The number of likely N-dealkylation sites (tertiary alicyclic amines) is 1. The zero-order valence-electron chi connectivity index (χ0n) is 21.2. The Labute approximate surface area is 213 Å². The summed E-state index contributed by atoms with van der Waals surface area (Å²) < 4.78 is 19.0. The van der Waals surface area contributed by atoms with Crippen LogP contribution in [0.4, 0.5) is 4.39 Å². The van der Waals surface area contributed by atoms with Crippen LogP contribution >= 0.6 is 0 Å². The summed E-state index contributed by atoms with van der Waals surface area (Å²) in [4.78, 5) is 17.7. The summed E-state index contributed by atoms with van der Waals surface area (Å²) in [5.74, 6) is 1.36. The molecule has 2 atom stereocenters. The number of para-hydroxylation sites is 1. The average Bonchev–Trinajstić information content (AvgIpc) is 3.27. The zero-order valence-corrected chi connectivity index (χ0v) is 21.2. The Morgan fingerprint density at radius 2 is 1.83 bits per heavy atom. The zero-order chi connectivity index (χ0) is 25.7. The number of halogens is 1. The van der Waals surface area contributed by atoms with Gasteiger partial charge in [0.2, 0.25) is 0 Å². The third-order valence-electron chi connectivity index (χ3n) is 6.84. The van der Waals surface area contributed by atoms with Gasteiger partial charge in [0.15, 0.2) is 0 Å². The molecule has 1 aliphatic rings. The van der Waals surface area contributed by atoms with Crippen LogP contribution in [0.25, 0.3) is 0 Å². The Balaban J connectivity index is 1.61. The second kappa shape index (κ2) is 11.6. The maximum atomic E-state index is 13.5. The van der Waals surface area contributed by atoms with Gasteiger partial charge in [0.1, 0.15) is 17.3 Å². The summed E-state index contributed by atoms with van der Waals surface area (Å²) in [5.41, 5.74) is 2.57. The number of phenolic OH excluding ortho intramolecular Hbond substituents is 1. The molecular formula is C30H35FN2O3. The van der Waals surface area contributed by atoms with Gasteiger partial charge in [-0.1, -0.05) is 44.2 Å². The summed E-state index contributed by atoms with van der Waals surface area (Å²) in [6.45, 7) is 7.66. The summed E-state index contributed by atoms with van der Waals surface area (Å²) in [6.07, 6.45) is 0. The molecule has 1 N–H and O–H groups in total. The molecule has 36 heavy (non-hydrogen) atoms. The molecule has 0 spiro atoms. The minimum atomic E-state index is -0.351. The lowest BCUT2D eigenvalue weighted by Crippen LogP contribution is -2.39. The van der Waals surface area contributed by atoms with E-state index >= 15 is 0 Å². The van der Waals surface area contributed by atoms with Crippen molar-refractivity contribution in [3.63, 3.8) is 0 Å². The van der Waals surface area contributed by atoms with Crippen molar-refractivity contribution in [2.45, 2.75) is 26.3 Å². The summed E-state index contributed by atoms with van der Waals surface area (Å²) in [7, 11) is 1.67. The van der Waals surface area contributed by atoms with Gasteiger partial charge in [-0.25, -0.2) is 4.39 Å². The lowest BCUT2D eigenvalue weighted by molar-refractivity contribution is 0.0703. The first-order chi connectivity index (χ1) is 17.3. The highest BCUT2D eigenvalue weighted by atomic mass is 19.1. The molecule has 1 amide bonds. The molecule has 1 fully saturated rings. The van der Waals surface area contributed by atoms with Crippen molar-refractivity contribution >= 4 is 5.91 Å². The number of ether oxygens (including phenoxy) is 1. The van der Waals surface area contributed by atoms with Gasteiger partial charge in [0, 0.05) is 49.8 Å². The van der Waals surface area contributed by atoms with Crippen LogP contribution in [0.1, 0.15) is 41.3 Å². The number of carbonyl (C=O) groups is 1. The van der Waals surface area contributed by atoms with Gasteiger partial charge < -0.3 is 14.7 Å². The molecule has 0 radical (unpaired) electrons. The third kappa shape index (κ3) is 6.24. The SMILES string of the molecule is COc1cccc([C@H]2CN(Cc3ccccc3O)C[C@H]2CN(CC(C)C)C(=O)c2ccc(F)cc2)c1. The summed E-state index contributed by atoms with van der Waals surface area (Å²) >= 11 is 0. The van der Waals surface area contributed by atoms with Crippen LogP contribution in [0.2, 0.25) is 0 Å². The smallest absolute Gasteiger partial charge is 0.253 e. The molecule has 0 bridgehead atoms. The molecule has 1 saturated heterocycles. The molecule has 1 heterocycles. The Bertz CT molecular complexity index is 1160. The first kappa shape index (κ1) is 25.7. The standard InChI is InChI=1S/C30H35FN2O3/c1-21(2)16-33(30(35)22-11-13-26(31)14-12-22)19-25-18-32(17-24-7-4-5-10-29(24)34)20-28(25)23-8-6-9-27(15-23)36-3/h4-15,21,25,28,34H,16-20H2,1-3H3/t25-,28+/m0/s1. The molecule has 3 aromatic carbocycles. The first-order valence-electron chi connectivity index (χ1n) is 12.5. The van der Waals surface area contributed by atoms with Gasteiger partial charge in [0.05, 0.1) is 7.11 Å². The number of benzene rings is 3. The number of phenols is 1. The van der Waals surface area contributed by atoms with Crippen molar-refractivity contribution in [3.8, 4) is 11.5 Å². The van der Waals surface area contributed by atoms with Gasteiger partial charge in [-0.05, 0) is 59.9 Å². The lowest BCUT2D eigenvalue weighted by Gasteiger charge is -2.30. The minimum absolute atomic E-state index is 0.0766.